The lowest BCUT2D eigenvalue weighted by molar-refractivity contribution is 0.254. The van der Waals surface area contributed by atoms with Crippen molar-refractivity contribution in [1.82, 2.24) is 4.98 Å². The summed E-state index contributed by atoms with van der Waals surface area (Å²) in [5, 5.41) is 27.0. The van der Waals surface area contributed by atoms with Crippen molar-refractivity contribution < 1.29 is 29.7 Å². The normalized spacial score (nSPS) is 9.31. The number of aromatic hydroxyl groups is 1. The smallest absolute Gasteiger partial charge is 0.506 e. The number of aryl methyl sites for hydroxylation is 1. The van der Waals surface area contributed by atoms with Crippen LogP contribution in [-0.2, 0) is 17.8 Å². The molecule has 90 valence electrons. The minimum Gasteiger partial charge on any atom is -0.506 e. The van der Waals surface area contributed by atoms with E-state index in [2.05, 4.69) is 4.98 Å². The monoisotopic (exact) mass is 250 g/mol. The molecule has 16 heavy (non-hydrogen) atoms. The van der Waals surface area contributed by atoms with Crippen LogP contribution >= 0.6 is 8.25 Å². The van der Waals surface area contributed by atoms with Gasteiger partial charge in [-0.05, 0) is 6.92 Å². The van der Waals surface area contributed by atoms with Gasteiger partial charge < -0.3 is 15.3 Å². The molecular weight excluding hydrogens is 237 g/mol. The van der Waals surface area contributed by atoms with E-state index in [9.17, 15) is 5.11 Å². The summed E-state index contributed by atoms with van der Waals surface area (Å²) in [5.74, 6) is -0.0379. The van der Waals surface area contributed by atoms with Crippen molar-refractivity contribution in [2.24, 2.45) is 0 Å². The Balaban J connectivity index is 0.000000487. The molecule has 0 radical (unpaired) electrons. The van der Waals surface area contributed by atoms with Gasteiger partial charge in [0.2, 0.25) is 0 Å². The maximum absolute atomic E-state index is 9.38. The number of aliphatic hydroxyl groups is 2. The molecule has 0 aliphatic rings. The summed E-state index contributed by atoms with van der Waals surface area (Å²) in [6.45, 7) is 1.12. The molecule has 1 aromatic rings. The molecule has 0 saturated carbocycles. The Kier molecular flexibility index (Phi) is 6.71. The zero-order valence-electron chi connectivity index (χ0n) is 8.53. The summed E-state index contributed by atoms with van der Waals surface area (Å²) < 4.78 is 8.70. The summed E-state index contributed by atoms with van der Waals surface area (Å²) in [4.78, 5) is 18.1. The standard InChI is InChI=1S/C8H11NO3.HO3P/c1-5-8(12)7(4-11)6(3-10)2-9-5;1-4(2)3/h2,10-12H,3-4H2,1H3;(H-,1,2,3)/p+1. The topological polar surface area (TPSA) is 131 Å². The maximum atomic E-state index is 9.38. The second kappa shape index (κ2) is 7.21. The number of hydrogen-bond acceptors (Lipinski definition) is 5. The second-order valence-corrected chi connectivity index (χ2v) is 3.27. The van der Waals surface area contributed by atoms with Crippen molar-refractivity contribution in [2.75, 3.05) is 0 Å². The van der Waals surface area contributed by atoms with Crippen LogP contribution in [0.5, 0.6) is 5.75 Å². The van der Waals surface area contributed by atoms with E-state index in [1.54, 1.807) is 6.92 Å². The molecule has 0 spiro atoms. The lowest BCUT2D eigenvalue weighted by Crippen LogP contribution is -1.98. The number of rotatable bonds is 2. The van der Waals surface area contributed by atoms with Crippen LogP contribution in [0, 0.1) is 6.92 Å². The van der Waals surface area contributed by atoms with Crippen LogP contribution in [0.25, 0.3) is 0 Å². The Bertz CT molecular complexity index is 366. The minimum atomic E-state index is -2.87. The SMILES string of the molecule is Cc1ncc(CO)c(CO)c1O.O=[P+](O)O. The van der Waals surface area contributed by atoms with Crippen LogP contribution < -0.4 is 0 Å². The predicted octanol–water partition coefficient (Wildman–Crippen LogP) is -0.291. The van der Waals surface area contributed by atoms with Gasteiger partial charge in [0.15, 0.2) is 0 Å². The molecular formula is C8H13NO6P+. The Morgan fingerprint density at radius 2 is 1.81 bits per heavy atom. The van der Waals surface area contributed by atoms with Crippen molar-refractivity contribution in [3.8, 4) is 5.75 Å². The van der Waals surface area contributed by atoms with Crippen molar-refractivity contribution in [1.29, 1.82) is 0 Å². The van der Waals surface area contributed by atoms with Gasteiger partial charge in [0.1, 0.15) is 5.75 Å². The molecule has 1 aromatic heterocycles. The molecule has 0 bridgehead atoms. The first-order valence-corrected chi connectivity index (χ1v) is 5.33. The summed E-state index contributed by atoms with van der Waals surface area (Å²) in [6.07, 6.45) is 1.45. The fourth-order valence-electron chi connectivity index (χ4n) is 0.997. The molecule has 1 heterocycles. The number of nitrogens with zero attached hydrogens (tertiary/aromatic N) is 1. The first kappa shape index (κ1) is 14.9. The molecule has 0 amide bonds. The third-order valence-electron chi connectivity index (χ3n) is 1.76. The molecule has 0 fully saturated rings. The van der Waals surface area contributed by atoms with E-state index in [1.165, 1.54) is 6.20 Å². The van der Waals surface area contributed by atoms with Gasteiger partial charge in [-0.15, -0.1) is 9.79 Å². The van der Waals surface area contributed by atoms with Gasteiger partial charge in [-0.3, -0.25) is 4.98 Å². The van der Waals surface area contributed by atoms with E-state index in [0.29, 0.717) is 16.8 Å². The Labute approximate surface area is 92.6 Å². The molecule has 7 nitrogen and oxygen atoms in total. The van der Waals surface area contributed by atoms with Crippen LogP contribution in [0.2, 0.25) is 0 Å². The Hall–Kier alpha value is -1.11. The third-order valence-corrected chi connectivity index (χ3v) is 1.76. The molecule has 1 rings (SSSR count). The van der Waals surface area contributed by atoms with Crippen LogP contribution in [0.3, 0.4) is 0 Å². The quantitative estimate of drug-likeness (QED) is 0.455. The number of pyridine rings is 1. The van der Waals surface area contributed by atoms with Gasteiger partial charge in [-0.2, -0.15) is 0 Å². The number of aromatic nitrogens is 1. The first-order valence-electron chi connectivity index (χ1n) is 4.17. The molecule has 0 aliphatic carbocycles. The molecule has 0 atom stereocenters. The van der Waals surface area contributed by atoms with Gasteiger partial charge in [-0.1, -0.05) is 0 Å². The molecule has 0 unspecified atom stereocenters. The highest BCUT2D eigenvalue weighted by molar-refractivity contribution is 7.30. The van der Waals surface area contributed by atoms with Crippen LogP contribution in [0.4, 0.5) is 0 Å². The van der Waals surface area contributed by atoms with E-state index in [0.717, 1.165) is 0 Å². The molecule has 0 saturated heterocycles. The van der Waals surface area contributed by atoms with Gasteiger partial charge in [0, 0.05) is 21.9 Å². The lowest BCUT2D eigenvalue weighted by Gasteiger charge is -2.07. The van der Waals surface area contributed by atoms with E-state index < -0.39 is 8.25 Å². The van der Waals surface area contributed by atoms with Crippen molar-refractivity contribution in [3.63, 3.8) is 0 Å². The van der Waals surface area contributed by atoms with Gasteiger partial charge in [-0.25, -0.2) is 0 Å². The van der Waals surface area contributed by atoms with Crippen molar-refractivity contribution >= 4 is 8.25 Å². The van der Waals surface area contributed by atoms with E-state index >= 15 is 0 Å². The number of aliphatic hydroxyl groups excluding tert-OH is 2. The zero-order valence-corrected chi connectivity index (χ0v) is 9.42. The average molecular weight is 250 g/mol. The molecule has 5 N–H and O–H groups in total. The number of hydrogen-bond donors (Lipinski definition) is 5. The summed E-state index contributed by atoms with van der Waals surface area (Å²) in [6, 6.07) is 0. The van der Waals surface area contributed by atoms with E-state index in [-0.39, 0.29) is 19.0 Å². The highest BCUT2D eigenvalue weighted by Crippen LogP contribution is 2.23. The summed E-state index contributed by atoms with van der Waals surface area (Å²) in [7, 11) is -2.87. The highest BCUT2D eigenvalue weighted by Gasteiger charge is 2.09. The highest BCUT2D eigenvalue weighted by atomic mass is 31.1. The Morgan fingerprint density at radius 1 is 1.31 bits per heavy atom. The van der Waals surface area contributed by atoms with E-state index in [1.807, 2.05) is 0 Å². The Morgan fingerprint density at radius 3 is 2.19 bits per heavy atom. The van der Waals surface area contributed by atoms with Crippen LogP contribution in [0.1, 0.15) is 16.8 Å². The fraction of sp³-hybridized carbons (Fsp3) is 0.375. The lowest BCUT2D eigenvalue weighted by atomic mass is 10.1. The van der Waals surface area contributed by atoms with Crippen LogP contribution in [-0.4, -0.2) is 30.1 Å². The molecule has 0 aliphatic heterocycles. The van der Waals surface area contributed by atoms with Crippen LogP contribution in [0.15, 0.2) is 6.20 Å². The first-order chi connectivity index (χ1) is 7.43. The average Bonchev–Trinajstić information content (AvgIpc) is 2.21. The third kappa shape index (κ3) is 4.61. The molecule has 0 aromatic carbocycles. The van der Waals surface area contributed by atoms with Gasteiger partial charge in [0.25, 0.3) is 0 Å². The summed E-state index contributed by atoms with van der Waals surface area (Å²) in [5.41, 5.74) is 1.27. The fourth-order valence-corrected chi connectivity index (χ4v) is 0.997. The van der Waals surface area contributed by atoms with Gasteiger partial charge in [0.05, 0.1) is 18.9 Å². The minimum absolute atomic E-state index is 0.0379. The zero-order chi connectivity index (χ0) is 12.7. The second-order valence-electron chi connectivity index (χ2n) is 2.76. The summed E-state index contributed by atoms with van der Waals surface area (Å²) >= 11 is 0. The van der Waals surface area contributed by atoms with E-state index in [4.69, 9.17) is 24.6 Å². The largest absolute Gasteiger partial charge is 0.692 e. The van der Waals surface area contributed by atoms with Crippen molar-refractivity contribution in [2.45, 2.75) is 20.1 Å². The van der Waals surface area contributed by atoms with Gasteiger partial charge >= 0.3 is 8.25 Å². The predicted molar refractivity (Wildman–Crippen MR) is 54.5 cm³/mol. The van der Waals surface area contributed by atoms with Crippen molar-refractivity contribution in [3.05, 3.63) is 23.0 Å². The maximum Gasteiger partial charge on any atom is 0.692 e. The molecule has 8 heteroatoms.